The molecule has 0 radical (unpaired) electrons. The van der Waals surface area contributed by atoms with Crippen molar-refractivity contribution in [2.75, 3.05) is 31.9 Å². The number of aromatic nitrogens is 1. The molecule has 6 nitrogen and oxygen atoms in total. The van der Waals surface area contributed by atoms with Crippen LogP contribution in [0.3, 0.4) is 0 Å². The van der Waals surface area contributed by atoms with Crippen LogP contribution in [0.4, 0.5) is 5.69 Å². The number of rotatable bonds is 2. The summed E-state index contributed by atoms with van der Waals surface area (Å²) in [5, 5.41) is 3.27. The molecule has 2 aromatic rings. The smallest absolute Gasteiger partial charge is 0.275 e. The van der Waals surface area contributed by atoms with Gasteiger partial charge in [0.2, 0.25) is 5.89 Å². The van der Waals surface area contributed by atoms with Crippen LogP contribution in [-0.2, 0) is 0 Å². The third-order valence-electron chi connectivity index (χ3n) is 3.48. The van der Waals surface area contributed by atoms with Gasteiger partial charge in [0, 0.05) is 30.9 Å². The van der Waals surface area contributed by atoms with E-state index in [1.54, 1.807) is 17.0 Å². The monoisotopic (exact) mass is 286 g/mol. The number of carbonyl (C=O) groups is 1. The van der Waals surface area contributed by atoms with Crippen molar-refractivity contribution in [3.05, 3.63) is 36.2 Å². The van der Waals surface area contributed by atoms with E-state index in [4.69, 9.17) is 10.2 Å². The lowest BCUT2D eigenvalue weighted by Gasteiger charge is -2.18. The Morgan fingerprint density at radius 2 is 2.24 bits per heavy atom. The highest BCUT2D eigenvalue weighted by Gasteiger charge is 2.20. The fraction of sp³-hybridized carbons (Fsp3) is 0.333. The molecular weight excluding hydrogens is 268 g/mol. The maximum Gasteiger partial charge on any atom is 0.275 e. The average molecular weight is 286 g/mol. The zero-order valence-corrected chi connectivity index (χ0v) is 11.7. The van der Waals surface area contributed by atoms with Gasteiger partial charge in [-0.15, -0.1) is 0 Å². The third kappa shape index (κ3) is 3.05. The summed E-state index contributed by atoms with van der Waals surface area (Å²) in [4.78, 5) is 18.5. The number of oxazole rings is 1. The van der Waals surface area contributed by atoms with Gasteiger partial charge < -0.3 is 20.4 Å². The number of anilines is 1. The Balaban J connectivity index is 1.79. The first-order chi connectivity index (χ1) is 10.2. The molecule has 1 aliphatic heterocycles. The number of nitrogen functional groups attached to an aromatic ring is 1. The molecule has 1 aromatic carbocycles. The first-order valence-electron chi connectivity index (χ1n) is 7.05. The van der Waals surface area contributed by atoms with Crippen LogP contribution in [0.1, 0.15) is 16.9 Å². The summed E-state index contributed by atoms with van der Waals surface area (Å²) in [6.45, 7) is 3.19. The zero-order valence-electron chi connectivity index (χ0n) is 11.7. The second-order valence-corrected chi connectivity index (χ2v) is 5.06. The van der Waals surface area contributed by atoms with Crippen molar-refractivity contribution in [2.45, 2.75) is 6.42 Å². The predicted octanol–water partition coefficient (Wildman–Crippen LogP) is 1.36. The van der Waals surface area contributed by atoms with E-state index in [-0.39, 0.29) is 5.91 Å². The summed E-state index contributed by atoms with van der Waals surface area (Å²) in [5.41, 5.74) is 7.49. The lowest BCUT2D eigenvalue weighted by molar-refractivity contribution is 0.0760. The third-order valence-corrected chi connectivity index (χ3v) is 3.48. The van der Waals surface area contributed by atoms with Gasteiger partial charge in [-0.1, -0.05) is 6.07 Å². The van der Waals surface area contributed by atoms with Gasteiger partial charge in [0.05, 0.1) is 0 Å². The molecule has 0 unspecified atom stereocenters. The molecule has 0 spiro atoms. The van der Waals surface area contributed by atoms with Crippen LogP contribution in [0.25, 0.3) is 11.5 Å². The van der Waals surface area contributed by atoms with E-state index in [9.17, 15) is 4.79 Å². The van der Waals surface area contributed by atoms with Gasteiger partial charge in [-0.25, -0.2) is 4.98 Å². The molecule has 3 rings (SSSR count). The standard InChI is InChI=1S/C15H18N4O2/c16-12-4-1-3-11(9-12)14-18-13(10-21-14)15(20)19-7-2-5-17-6-8-19/h1,3-4,9-10,17H,2,5-8,16H2. The molecule has 2 heterocycles. The Labute approximate surface area is 122 Å². The molecule has 1 aliphatic rings. The summed E-state index contributed by atoms with van der Waals surface area (Å²) in [7, 11) is 0. The van der Waals surface area contributed by atoms with Crippen LogP contribution < -0.4 is 11.1 Å². The minimum atomic E-state index is -0.0856. The van der Waals surface area contributed by atoms with E-state index < -0.39 is 0 Å². The fourth-order valence-corrected chi connectivity index (χ4v) is 2.39. The lowest BCUT2D eigenvalue weighted by Crippen LogP contribution is -2.34. The van der Waals surface area contributed by atoms with Crippen molar-refractivity contribution in [3.8, 4) is 11.5 Å². The number of nitrogens with one attached hydrogen (secondary N) is 1. The SMILES string of the molecule is Nc1cccc(-c2nc(C(=O)N3CCCNCC3)co2)c1. The quantitative estimate of drug-likeness (QED) is 0.814. The summed E-state index contributed by atoms with van der Waals surface area (Å²) < 4.78 is 5.42. The number of amides is 1. The van der Waals surface area contributed by atoms with Crippen LogP contribution in [0.15, 0.2) is 34.9 Å². The molecule has 1 fully saturated rings. The minimum absolute atomic E-state index is 0.0856. The molecule has 0 atom stereocenters. The maximum atomic E-state index is 12.4. The van der Waals surface area contributed by atoms with Crippen LogP contribution >= 0.6 is 0 Å². The largest absolute Gasteiger partial charge is 0.444 e. The first kappa shape index (κ1) is 13.6. The van der Waals surface area contributed by atoms with Gasteiger partial charge in [0.15, 0.2) is 5.69 Å². The maximum absolute atomic E-state index is 12.4. The van der Waals surface area contributed by atoms with Crippen molar-refractivity contribution in [1.82, 2.24) is 15.2 Å². The molecule has 0 aliphatic carbocycles. The van der Waals surface area contributed by atoms with Crippen LogP contribution in [0, 0.1) is 0 Å². The fourth-order valence-electron chi connectivity index (χ4n) is 2.39. The summed E-state index contributed by atoms with van der Waals surface area (Å²) in [5.74, 6) is 0.330. The number of hydrogen-bond donors (Lipinski definition) is 2. The molecule has 6 heteroatoms. The molecule has 1 saturated heterocycles. The van der Waals surface area contributed by atoms with Crippen molar-refractivity contribution >= 4 is 11.6 Å². The number of nitrogens with zero attached hydrogens (tertiary/aromatic N) is 2. The van der Waals surface area contributed by atoms with E-state index in [1.807, 2.05) is 12.1 Å². The summed E-state index contributed by atoms with van der Waals surface area (Å²) >= 11 is 0. The second kappa shape index (κ2) is 5.97. The highest BCUT2D eigenvalue weighted by Crippen LogP contribution is 2.21. The molecule has 1 aromatic heterocycles. The normalized spacial score (nSPS) is 15.7. The van der Waals surface area contributed by atoms with Crippen LogP contribution in [0.2, 0.25) is 0 Å². The predicted molar refractivity (Wildman–Crippen MR) is 79.7 cm³/mol. The number of benzene rings is 1. The Bertz CT molecular complexity index is 630. The Kier molecular flexibility index (Phi) is 3.87. The van der Waals surface area contributed by atoms with Gasteiger partial charge >= 0.3 is 0 Å². The average Bonchev–Trinajstić information content (AvgIpc) is 2.82. The topological polar surface area (TPSA) is 84.4 Å². The van der Waals surface area contributed by atoms with E-state index in [2.05, 4.69) is 10.3 Å². The molecule has 3 N–H and O–H groups in total. The Hall–Kier alpha value is -2.34. The van der Waals surface area contributed by atoms with Gasteiger partial charge in [0.25, 0.3) is 5.91 Å². The van der Waals surface area contributed by atoms with Crippen molar-refractivity contribution in [1.29, 1.82) is 0 Å². The minimum Gasteiger partial charge on any atom is -0.444 e. The van der Waals surface area contributed by atoms with Gasteiger partial charge in [-0.2, -0.15) is 0 Å². The Morgan fingerprint density at radius 3 is 3.10 bits per heavy atom. The zero-order chi connectivity index (χ0) is 14.7. The van der Waals surface area contributed by atoms with Crippen LogP contribution in [0.5, 0.6) is 0 Å². The van der Waals surface area contributed by atoms with Crippen molar-refractivity contribution in [3.63, 3.8) is 0 Å². The second-order valence-electron chi connectivity index (χ2n) is 5.06. The molecule has 1 amide bonds. The summed E-state index contributed by atoms with van der Waals surface area (Å²) in [6, 6.07) is 7.25. The van der Waals surface area contributed by atoms with E-state index in [0.717, 1.165) is 31.6 Å². The number of carbonyl (C=O) groups excluding carboxylic acids is 1. The van der Waals surface area contributed by atoms with Gasteiger partial charge in [0.1, 0.15) is 6.26 Å². The van der Waals surface area contributed by atoms with Crippen molar-refractivity contribution < 1.29 is 9.21 Å². The van der Waals surface area contributed by atoms with E-state index in [1.165, 1.54) is 6.26 Å². The number of nitrogens with two attached hydrogens (primary N) is 1. The summed E-state index contributed by atoms with van der Waals surface area (Å²) in [6.07, 6.45) is 2.37. The number of hydrogen-bond acceptors (Lipinski definition) is 5. The lowest BCUT2D eigenvalue weighted by atomic mass is 10.2. The van der Waals surface area contributed by atoms with E-state index in [0.29, 0.717) is 23.8 Å². The molecule has 0 bridgehead atoms. The van der Waals surface area contributed by atoms with Crippen LogP contribution in [-0.4, -0.2) is 42.0 Å². The molecular formula is C15H18N4O2. The van der Waals surface area contributed by atoms with Crippen molar-refractivity contribution in [2.24, 2.45) is 0 Å². The first-order valence-corrected chi connectivity index (χ1v) is 7.05. The Morgan fingerprint density at radius 1 is 1.33 bits per heavy atom. The van der Waals surface area contributed by atoms with Gasteiger partial charge in [-0.3, -0.25) is 4.79 Å². The van der Waals surface area contributed by atoms with Gasteiger partial charge in [-0.05, 0) is 31.2 Å². The van der Waals surface area contributed by atoms with E-state index >= 15 is 0 Å². The molecule has 0 saturated carbocycles. The molecule has 21 heavy (non-hydrogen) atoms. The molecule has 110 valence electrons. The highest BCUT2D eigenvalue weighted by molar-refractivity contribution is 5.92. The highest BCUT2D eigenvalue weighted by atomic mass is 16.3.